The first-order valence-electron chi connectivity index (χ1n) is 11.5. The van der Waals surface area contributed by atoms with Gasteiger partial charge in [-0.25, -0.2) is 4.39 Å². The van der Waals surface area contributed by atoms with Crippen molar-refractivity contribution in [1.82, 2.24) is 9.47 Å². The molecule has 1 saturated carbocycles. The molecule has 0 spiro atoms. The summed E-state index contributed by atoms with van der Waals surface area (Å²) in [4.78, 5) is 38.8. The number of carbonyl (C=O) groups excluding carboxylic acids is 3. The first-order valence-corrected chi connectivity index (χ1v) is 12.4. The van der Waals surface area contributed by atoms with Gasteiger partial charge in [0.2, 0.25) is 0 Å². The summed E-state index contributed by atoms with van der Waals surface area (Å²) in [6.07, 6.45) is 8.06. The van der Waals surface area contributed by atoms with E-state index in [1.807, 2.05) is 23.2 Å². The van der Waals surface area contributed by atoms with Crippen LogP contribution in [-0.2, 0) is 25.7 Å². The van der Waals surface area contributed by atoms with Gasteiger partial charge >= 0.3 is 5.97 Å². The zero-order valence-corrected chi connectivity index (χ0v) is 21.4. The lowest BCUT2D eigenvalue weighted by Crippen LogP contribution is -2.43. The van der Waals surface area contributed by atoms with Crippen molar-refractivity contribution in [3.8, 4) is 0 Å². The fourth-order valence-corrected chi connectivity index (χ4v) is 5.38. The highest BCUT2D eigenvalue weighted by molar-refractivity contribution is 8.14. The molecular formula is C26H30ClFN2O4S. The molecule has 0 bridgehead atoms. The van der Waals surface area contributed by atoms with Crippen LogP contribution in [0.5, 0.6) is 0 Å². The molecule has 1 aliphatic carbocycles. The number of benzene rings is 1. The standard InChI is InChI=1S/C26H29FN2O4S.ClH/c1-17(30)34-23-10-12-29(15-20(23)13-18-9-11-28(14-18)16-24(31)33-2)25(26(32)19-7-8-19)21-5-3-4-6-22(21)27;/h3-6,9,11,13-14,19,23,25H,7-8,10,12,15-16H2,1-2H3;1H/b20-13+;. The normalized spacial score (nSPS) is 20.2. The van der Waals surface area contributed by atoms with Gasteiger partial charge in [0.05, 0.1) is 13.2 Å². The molecule has 0 radical (unpaired) electrons. The molecule has 2 aromatic rings. The maximum atomic E-state index is 14.8. The number of hydrogen-bond acceptors (Lipinski definition) is 6. The number of carbonyl (C=O) groups is 3. The molecule has 2 unspecified atom stereocenters. The average Bonchev–Trinajstić information content (AvgIpc) is 3.57. The molecule has 2 aliphatic rings. The molecule has 1 aromatic carbocycles. The number of hydrogen-bond donors (Lipinski definition) is 0. The van der Waals surface area contributed by atoms with Crippen LogP contribution in [0.3, 0.4) is 0 Å². The minimum absolute atomic E-state index is 0. The van der Waals surface area contributed by atoms with Crippen LogP contribution in [0.4, 0.5) is 4.39 Å². The summed E-state index contributed by atoms with van der Waals surface area (Å²) in [7, 11) is 1.35. The molecule has 1 aliphatic heterocycles. The van der Waals surface area contributed by atoms with Crippen LogP contribution in [0.15, 0.2) is 48.3 Å². The maximum Gasteiger partial charge on any atom is 0.325 e. The van der Waals surface area contributed by atoms with E-state index in [0.29, 0.717) is 25.1 Å². The number of aromatic nitrogens is 1. The van der Waals surface area contributed by atoms with Gasteiger partial charge in [-0.3, -0.25) is 19.3 Å². The fourth-order valence-electron chi connectivity index (χ4n) is 4.47. The van der Waals surface area contributed by atoms with E-state index in [1.54, 1.807) is 35.9 Å². The SMILES string of the molecule is COC(=O)Cn1ccc(/C=C2\CN(C(C(=O)C3CC3)c3ccccc3F)CCC2SC(C)=O)c1.Cl. The third-order valence-corrected chi connectivity index (χ3v) is 7.42. The minimum atomic E-state index is -0.635. The Kier molecular flexibility index (Phi) is 9.33. The van der Waals surface area contributed by atoms with Gasteiger partial charge in [0, 0.05) is 49.1 Å². The van der Waals surface area contributed by atoms with Crippen molar-refractivity contribution in [2.45, 2.75) is 44.0 Å². The number of nitrogens with zero attached hydrogens (tertiary/aromatic N) is 2. The van der Waals surface area contributed by atoms with Gasteiger partial charge < -0.3 is 9.30 Å². The van der Waals surface area contributed by atoms with E-state index >= 15 is 0 Å². The lowest BCUT2D eigenvalue weighted by atomic mass is 9.93. The lowest BCUT2D eigenvalue weighted by molar-refractivity contribution is -0.141. The van der Waals surface area contributed by atoms with Gasteiger partial charge in [-0.1, -0.05) is 36.0 Å². The molecule has 1 aromatic heterocycles. The number of methoxy groups -OCH3 is 1. The summed E-state index contributed by atoms with van der Waals surface area (Å²) < 4.78 is 21.3. The Hall–Kier alpha value is -2.42. The summed E-state index contributed by atoms with van der Waals surface area (Å²) in [5, 5.41) is 0.0160. The van der Waals surface area contributed by atoms with Crippen molar-refractivity contribution < 1.29 is 23.5 Å². The van der Waals surface area contributed by atoms with Gasteiger partial charge in [0.15, 0.2) is 10.9 Å². The highest BCUT2D eigenvalue weighted by Crippen LogP contribution is 2.40. The van der Waals surface area contributed by atoms with Gasteiger partial charge in [0.25, 0.3) is 0 Å². The van der Waals surface area contributed by atoms with Crippen molar-refractivity contribution in [1.29, 1.82) is 0 Å². The Morgan fingerprint density at radius 3 is 2.60 bits per heavy atom. The van der Waals surface area contributed by atoms with Crippen LogP contribution in [0, 0.1) is 11.7 Å². The monoisotopic (exact) mass is 520 g/mol. The van der Waals surface area contributed by atoms with E-state index in [-0.39, 0.29) is 52.8 Å². The molecule has 2 heterocycles. The molecule has 1 saturated heterocycles. The van der Waals surface area contributed by atoms with Crippen LogP contribution in [0.1, 0.15) is 43.4 Å². The molecule has 2 fully saturated rings. The summed E-state index contributed by atoms with van der Waals surface area (Å²) in [6.45, 7) is 2.73. The largest absolute Gasteiger partial charge is 0.468 e. The number of ether oxygens (including phenoxy) is 1. The topological polar surface area (TPSA) is 68.6 Å². The van der Waals surface area contributed by atoms with E-state index in [2.05, 4.69) is 0 Å². The van der Waals surface area contributed by atoms with Crippen molar-refractivity contribution in [3.63, 3.8) is 0 Å². The Balaban J connectivity index is 0.00000342. The van der Waals surface area contributed by atoms with E-state index in [0.717, 1.165) is 24.0 Å². The highest BCUT2D eigenvalue weighted by Gasteiger charge is 2.41. The number of halogens is 2. The number of piperidine rings is 1. The maximum absolute atomic E-state index is 14.8. The third-order valence-electron chi connectivity index (χ3n) is 6.26. The van der Waals surface area contributed by atoms with Gasteiger partial charge in [-0.05, 0) is 42.5 Å². The Morgan fingerprint density at radius 1 is 1.20 bits per heavy atom. The number of esters is 1. The molecular weight excluding hydrogens is 491 g/mol. The summed E-state index contributed by atoms with van der Waals surface area (Å²) in [6, 6.07) is 7.77. The molecule has 6 nitrogen and oxygen atoms in total. The lowest BCUT2D eigenvalue weighted by Gasteiger charge is -2.38. The summed E-state index contributed by atoms with van der Waals surface area (Å²) in [5.41, 5.74) is 2.32. The second-order valence-electron chi connectivity index (χ2n) is 8.87. The van der Waals surface area contributed by atoms with E-state index < -0.39 is 6.04 Å². The Labute approximate surface area is 215 Å². The van der Waals surface area contributed by atoms with Crippen LogP contribution >= 0.6 is 24.2 Å². The Bertz CT molecular complexity index is 1110. The van der Waals surface area contributed by atoms with E-state index in [9.17, 15) is 18.8 Å². The van der Waals surface area contributed by atoms with E-state index in [1.165, 1.54) is 24.9 Å². The molecule has 0 amide bonds. The quantitative estimate of drug-likeness (QED) is 0.471. The molecule has 4 rings (SSSR count). The summed E-state index contributed by atoms with van der Waals surface area (Å²) in [5.74, 6) is -0.637. The van der Waals surface area contributed by atoms with Crippen molar-refractivity contribution >= 4 is 47.1 Å². The predicted octanol–water partition coefficient (Wildman–Crippen LogP) is 4.68. The predicted molar refractivity (Wildman–Crippen MR) is 137 cm³/mol. The van der Waals surface area contributed by atoms with Crippen molar-refractivity contribution in [2.75, 3.05) is 20.2 Å². The number of rotatable bonds is 8. The Morgan fingerprint density at radius 2 is 1.94 bits per heavy atom. The van der Waals surface area contributed by atoms with Crippen molar-refractivity contribution in [2.24, 2.45) is 5.92 Å². The fraction of sp³-hybridized carbons (Fsp3) is 0.423. The van der Waals surface area contributed by atoms with Gasteiger partial charge in [-0.15, -0.1) is 12.4 Å². The number of Topliss-reactive ketones (excluding diaryl/α,β-unsaturated/α-hetero) is 1. The molecule has 2 atom stereocenters. The van der Waals surface area contributed by atoms with Gasteiger partial charge in [0.1, 0.15) is 12.4 Å². The molecule has 35 heavy (non-hydrogen) atoms. The van der Waals surface area contributed by atoms with Crippen LogP contribution < -0.4 is 0 Å². The first-order chi connectivity index (χ1) is 16.4. The smallest absolute Gasteiger partial charge is 0.325 e. The number of likely N-dealkylation sites (tertiary alicyclic amines) is 1. The number of thioether (sulfide) groups is 1. The third kappa shape index (κ3) is 6.84. The zero-order valence-electron chi connectivity index (χ0n) is 19.8. The second-order valence-corrected chi connectivity index (χ2v) is 10.3. The average molecular weight is 521 g/mol. The minimum Gasteiger partial charge on any atom is -0.468 e. The van der Waals surface area contributed by atoms with Crippen LogP contribution in [-0.4, -0.2) is 51.8 Å². The van der Waals surface area contributed by atoms with Crippen LogP contribution in [0.25, 0.3) is 6.08 Å². The van der Waals surface area contributed by atoms with Crippen molar-refractivity contribution in [3.05, 3.63) is 65.2 Å². The molecule has 9 heteroatoms. The first kappa shape index (κ1) is 27.2. The zero-order chi connectivity index (χ0) is 24.2. The van der Waals surface area contributed by atoms with E-state index in [4.69, 9.17) is 4.74 Å². The van der Waals surface area contributed by atoms with Crippen LogP contribution in [0.2, 0.25) is 0 Å². The molecule has 0 N–H and O–H groups in total. The summed E-state index contributed by atoms with van der Waals surface area (Å²) >= 11 is 1.29. The highest BCUT2D eigenvalue weighted by atomic mass is 35.5. The number of ketones is 1. The second kappa shape index (κ2) is 12.0. The molecule has 188 valence electrons. The van der Waals surface area contributed by atoms with Gasteiger partial charge in [-0.2, -0.15) is 0 Å².